The third-order valence-corrected chi connectivity index (χ3v) is 5.52. The fraction of sp³-hybridized carbons (Fsp3) is 0.364. The molecule has 0 aliphatic carbocycles. The minimum Gasteiger partial charge on any atom is -0.306 e. The second-order valence-corrected chi connectivity index (χ2v) is 7.35. The van der Waals surface area contributed by atoms with E-state index in [9.17, 15) is 4.39 Å². The number of imidazole rings is 1. The first kappa shape index (κ1) is 17.7. The van der Waals surface area contributed by atoms with E-state index in [1.165, 1.54) is 31.9 Å². The van der Waals surface area contributed by atoms with Crippen molar-refractivity contribution in [2.75, 3.05) is 13.1 Å². The van der Waals surface area contributed by atoms with Crippen LogP contribution in [0.2, 0.25) is 0 Å². The summed E-state index contributed by atoms with van der Waals surface area (Å²) >= 11 is 0. The van der Waals surface area contributed by atoms with Gasteiger partial charge in [-0.1, -0.05) is 12.5 Å². The van der Waals surface area contributed by atoms with Crippen LogP contribution in [0.25, 0.3) is 16.8 Å². The summed E-state index contributed by atoms with van der Waals surface area (Å²) in [5, 5.41) is 9.04. The molecule has 4 rings (SSSR count). The van der Waals surface area contributed by atoms with Crippen molar-refractivity contribution in [1.82, 2.24) is 14.3 Å². The number of nitriles is 1. The van der Waals surface area contributed by atoms with Crippen molar-refractivity contribution in [3.63, 3.8) is 0 Å². The third-order valence-electron chi connectivity index (χ3n) is 5.52. The smallest absolute Gasteiger partial charge is 0.140 e. The highest BCUT2D eigenvalue weighted by molar-refractivity contribution is 5.66. The van der Waals surface area contributed by atoms with E-state index < -0.39 is 5.82 Å². The van der Waals surface area contributed by atoms with Crippen LogP contribution in [-0.2, 0) is 6.42 Å². The lowest BCUT2D eigenvalue weighted by molar-refractivity contribution is 0.162. The minimum absolute atomic E-state index is 0.0644. The fourth-order valence-corrected chi connectivity index (χ4v) is 3.87. The van der Waals surface area contributed by atoms with Gasteiger partial charge in [0.1, 0.15) is 17.5 Å². The van der Waals surface area contributed by atoms with E-state index >= 15 is 0 Å². The largest absolute Gasteiger partial charge is 0.306 e. The second-order valence-electron chi connectivity index (χ2n) is 7.35. The molecule has 0 radical (unpaired) electrons. The van der Waals surface area contributed by atoms with Gasteiger partial charge in [-0.2, -0.15) is 5.26 Å². The number of rotatable bonds is 4. The summed E-state index contributed by atoms with van der Waals surface area (Å²) in [6.45, 7) is 4.54. The van der Waals surface area contributed by atoms with Gasteiger partial charge in [0, 0.05) is 31.4 Å². The van der Waals surface area contributed by atoms with E-state index in [1.807, 2.05) is 28.8 Å². The molecule has 2 aromatic heterocycles. The normalized spacial score (nSPS) is 17.9. The van der Waals surface area contributed by atoms with Gasteiger partial charge < -0.3 is 9.30 Å². The van der Waals surface area contributed by atoms with Crippen molar-refractivity contribution in [2.45, 2.75) is 38.6 Å². The predicted molar refractivity (Wildman–Crippen MR) is 104 cm³/mol. The number of benzene rings is 1. The Bertz CT molecular complexity index is 1000. The summed E-state index contributed by atoms with van der Waals surface area (Å²) in [7, 11) is 0. The molecule has 0 spiro atoms. The number of likely N-dealkylation sites (tertiary alicyclic amines) is 1. The highest BCUT2D eigenvalue weighted by atomic mass is 19.1. The van der Waals surface area contributed by atoms with Crippen molar-refractivity contribution in [3.05, 3.63) is 59.8 Å². The average molecular weight is 362 g/mol. The number of hydrogen-bond donors (Lipinski definition) is 0. The average Bonchev–Trinajstić information content (AvgIpc) is 3.10. The van der Waals surface area contributed by atoms with Gasteiger partial charge in [0.15, 0.2) is 0 Å². The van der Waals surface area contributed by atoms with Gasteiger partial charge in [-0.15, -0.1) is 0 Å². The van der Waals surface area contributed by atoms with Gasteiger partial charge in [-0.25, -0.2) is 9.37 Å². The van der Waals surface area contributed by atoms with Crippen LogP contribution in [0.15, 0.2) is 42.7 Å². The SMILES string of the molecule is C[C@@H]1CCCCN1CCc1cn2cc(-c3ccc(F)c(C#N)c3)ccc2n1. The van der Waals surface area contributed by atoms with Crippen molar-refractivity contribution < 1.29 is 4.39 Å². The van der Waals surface area contributed by atoms with Crippen LogP contribution in [-0.4, -0.2) is 33.4 Å². The molecule has 5 heteroatoms. The number of nitrogens with zero attached hydrogens (tertiary/aromatic N) is 4. The monoisotopic (exact) mass is 362 g/mol. The van der Waals surface area contributed by atoms with Crippen LogP contribution in [0.3, 0.4) is 0 Å². The zero-order valence-electron chi connectivity index (χ0n) is 15.5. The summed E-state index contributed by atoms with van der Waals surface area (Å²) in [5.74, 6) is -0.487. The summed E-state index contributed by atoms with van der Waals surface area (Å²) in [6, 6.07) is 11.1. The first-order chi connectivity index (χ1) is 13.1. The molecule has 1 atom stereocenters. The summed E-state index contributed by atoms with van der Waals surface area (Å²) in [6.07, 6.45) is 8.92. The van der Waals surface area contributed by atoms with Crippen LogP contribution in [0.1, 0.15) is 37.4 Å². The highest BCUT2D eigenvalue weighted by Crippen LogP contribution is 2.23. The molecule has 4 nitrogen and oxygen atoms in total. The van der Waals surface area contributed by atoms with Crippen LogP contribution < -0.4 is 0 Å². The Labute approximate surface area is 158 Å². The standard InChI is InChI=1S/C22H23FN4/c1-16-4-2-3-10-26(16)11-9-20-15-27-14-18(6-8-22(27)25-20)17-5-7-21(23)19(12-17)13-24/h5-8,12,14-16H,2-4,9-11H2,1H3/t16-/m1/s1. The summed E-state index contributed by atoms with van der Waals surface area (Å²) in [4.78, 5) is 7.29. The van der Waals surface area contributed by atoms with E-state index in [0.717, 1.165) is 35.4 Å². The van der Waals surface area contributed by atoms with Gasteiger partial charge in [0.25, 0.3) is 0 Å². The lowest BCUT2D eigenvalue weighted by Gasteiger charge is -2.33. The fourth-order valence-electron chi connectivity index (χ4n) is 3.87. The summed E-state index contributed by atoms with van der Waals surface area (Å²) in [5.41, 5.74) is 3.82. The zero-order valence-corrected chi connectivity index (χ0v) is 15.5. The Balaban J connectivity index is 1.54. The van der Waals surface area contributed by atoms with Crippen LogP contribution in [0.5, 0.6) is 0 Å². The lowest BCUT2D eigenvalue weighted by atomic mass is 10.0. The number of aromatic nitrogens is 2. The van der Waals surface area contributed by atoms with Crippen LogP contribution in [0, 0.1) is 17.1 Å². The predicted octanol–water partition coefficient (Wildman–Crippen LogP) is 4.43. The first-order valence-electron chi connectivity index (χ1n) is 9.56. The molecule has 1 aromatic carbocycles. The van der Waals surface area contributed by atoms with Gasteiger partial charge >= 0.3 is 0 Å². The maximum atomic E-state index is 13.6. The molecule has 1 fully saturated rings. The molecule has 1 aliphatic heterocycles. The molecule has 138 valence electrons. The molecular weight excluding hydrogens is 339 g/mol. The number of piperidine rings is 1. The Morgan fingerprint density at radius 2 is 2.04 bits per heavy atom. The number of fused-ring (bicyclic) bond motifs is 1. The summed E-state index contributed by atoms with van der Waals surface area (Å²) < 4.78 is 15.6. The van der Waals surface area contributed by atoms with Gasteiger partial charge in [0.2, 0.25) is 0 Å². The molecule has 1 saturated heterocycles. The van der Waals surface area contributed by atoms with Gasteiger partial charge in [0.05, 0.1) is 11.3 Å². The lowest BCUT2D eigenvalue weighted by Crippen LogP contribution is -2.38. The molecule has 3 aromatic rings. The van der Waals surface area contributed by atoms with Crippen LogP contribution >= 0.6 is 0 Å². The number of pyridine rings is 1. The second kappa shape index (κ2) is 7.50. The molecule has 0 bridgehead atoms. The van der Waals surface area contributed by atoms with Crippen molar-refractivity contribution in [3.8, 4) is 17.2 Å². The quantitative estimate of drug-likeness (QED) is 0.690. The molecule has 27 heavy (non-hydrogen) atoms. The van der Waals surface area contributed by atoms with Crippen molar-refractivity contribution >= 4 is 5.65 Å². The van der Waals surface area contributed by atoms with Gasteiger partial charge in [-0.3, -0.25) is 0 Å². The van der Waals surface area contributed by atoms with E-state index in [4.69, 9.17) is 10.2 Å². The minimum atomic E-state index is -0.487. The molecule has 0 amide bonds. The Morgan fingerprint density at radius 1 is 1.19 bits per heavy atom. The van der Waals surface area contributed by atoms with Gasteiger partial charge in [-0.05, 0) is 61.7 Å². The van der Waals surface area contributed by atoms with E-state index in [-0.39, 0.29) is 5.56 Å². The molecule has 0 N–H and O–H groups in total. The maximum absolute atomic E-state index is 13.6. The zero-order chi connectivity index (χ0) is 18.8. The Morgan fingerprint density at radius 3 is 2.85 bits per heavy atom. The van der Waals surface area contributed by atoms with Crippen molar-refractivity contribution in [2.24, 2.45) is 0 Å². The van der Waals surface area contributed by atoms with Crippen LogP contribution in [0.4, 0.5) is 4.39 Å². The van der Waals surface area contributed by atoms with E-state index in [1.54, 1.807) is 12.1 Å². The first-order valence-corrected chi connectivity index (χ1v) is 9.56. The Kier molecular flexibility index (Phi) is 4.91. The topological polar surface area (TPSA) is 44.3 Å². The van der Waals surface area contributed by atoms with E-state index in [0.29, 0.717) is 6.04 Å². The van der Waals surface area contributed by atoms with E-state index in [2.05, 4.69) is 18.0 Å². The molecule has 0 unspecified atom stereocenters. The highest BCUT2D eigenvalue weighted by Gasteiger charge is 2.18. The maximum Gasteiger partial charge on any atom is 0.140 e. The molecule has 0 saturated carbocycles. The third kappa shape index (κ3) is 3.72. The number of hydrogen-bond acceptors (Lipinski definition) is 3. The molecular formula is C22H23FN4. The van der Waals surface area contributed by atoms with Crippen molar-refractivity contribution in [1.29, 1.82) is 5.26 Å². The number of halogens is 1. The molecule has 3 heterocycles. The Hall–Kier alpha value is -2.71. The molecule has 1 aliphatic rings.